The Hall–Kier alpha value is -3.43. The van der Waals surface area contributed by atoms with E-state index >= 15 is 0 Å². The highest BCUT2D eigenvalue weighted by molar-refractivity contribution is 7.12. The van der Waals surface area contributed by atoms with Crippen molar-refractivity contribution in [3.8, 4) is 10.6 Å². The van der Waals surface area contributed by atoms with Crippen LogP contribution in [0.3, 0.4) is 0 Å². The normalized spacial score (nSPS) is 14.7. The summed E-state index contributed by atoms with van der Waals surface area (Å²) in [5.74, 6) is 1.16. The second-order valence-corrected chi connectivity index (χ2v) is 8.36. The first-order valence-electron chi connectivity index (χ1n) is 10.0. The Morgan fingerprint density at radius 3 is 2.61 bits per heavy atom. The maximum atomic E-state index is 12.7. The van der Waals surface area contributed by atoms with Crippen LogP contribution in [-0.4, -0.2) is 64.2 Å². The number of rotatable bonds is 4. The van der Waals surface area contributed by atoms with Crippen LogP contribution in [0.1, 0.15) is 10.4 Å². The molecule has 1 aliphatic heterocycles. The van der Waals surface area contributed by atoms with Gasteiger partial charge in [-0.3, -0.25) is 4.79 Å². The smallest absolute Gasteiger partial charge is 0.258 e. The molecular formula is C22H21N7OS. The number of carbonyl (C=O) groups excluding carboxylic acids is 1. The van der Waals surface area contributed by atoms with Gasteiger partial charge in [0.1, 0.15) is 22.2 Å². The lowest BCUT2D eigenvalue weighted by Crippen LogP contribution is -2.44. The van der Waals surface area contributed by atoms with E-state index < -0.39 is 0 Å². The summed E-state index contributed by atoms with van der Waals surface area (Å²) in [6.45, 7) is 3.90. The minimum atomic E-state index is -0.232. The number of hydrogen-bond donors (Lipinski definition) is 1. The van der Waals surface area contributed by atoms with E-state index in [1.54, 1.807) is 17.9 Å². The number of nitrogens with zero attached hydrogens (tertiary/aromatic N) is 6. The molecule has 8 nitrogen and oxygen atoms in total. The molecule has 5 rings (SSSR count). The van der Waals surface area contributed by atoms with Gasteiger partial charge in [-0.05, 0) is 36.7 Å². The predicted octanol–water partition coefficient (Wildman–Crippen LogP) is 3.15. The molecule has 0 radical (unpaired) electrons. The largest absolute Gasteiger partial charge is 0.354 e. The van der Waals surface area contributed by atoms with Gasteiger partial charge in [-0.15, -0.1) is 10.2 Å². The molecule has 1 aliphatic rings. The van der Waals surface area contributed by atoms with E-state index in [9.17, 15) is 4.79 Å². The fourth-order valence-electron chi connectivity index (χ4n) is 3.57. The fourth-order valence-corrected chi connectivity index (χ4v) is 4.12. The lowest BCUT2D eigenvalue weighted by Gasteiger charge is -2.33. The summed E-state index contributed by atoms with van der Waals surface area (Å²) in [4.78, 5) is 26.1. The molecule has 1 amide bonds. The van der Waals surface area contributed by atoms with Crippen LogP contribution in [0.4, 0.5) is 11.6 Å². The molecule has 0 spiro atoms. The maximum Gasteiger partial charge on any atom is 0.258 e. The SMILES string of the molecule is CN1CCN(c2ccc(C(=O)Nc3cc4cc(-c5nncs5)ccc4cn3)cn2)CC1. The van der Waals surface area contributed by atoms with Crippen LogP contribution in [0.5, 0.6) is 0 Å². The van der Waals surface area contributed by atoms with Crippen LogP contribution < -0.4 is 10.2 Å². The van der Waals surface area contributed by atoms with Crippen molar-refractivity contribution < 1.29 is 4.79 Å². The number of nitrogens with one attached hydrogen (secondary N) is 1. The van der Waals surface area contributed by atoms with Gasteiger partial charge in [0.25, 0.3) is 5.91 Å². The van der Waals surface area contributed by atoms with Crippen molar-refractivity contribution in [1.82, 2.24) is 25.1 Å². The molecule has 0 atom stereocenters. The quantitative estimate of drug-likeness (QED) is 0.531. The Kier molecular flexibility index (Phi) is 5.27. The van der Waals surface area contributed by atoms with Crippen molar-refractivity contribution in [2.24, 2.45) is 0 Å². The molecule has 0 aliphatic carbocycles. The van der Waals surface area contributed by atoms with E-state index in [2.05, 4.69) is 42.3 Å². The Balaban J connectivity index is 1.31. The highest BCUT2D eigenvalue weighted by atomic mass is 32.1. The molecule has 1 aromatic carbocycles. The highest BCUT2D eigenvalue weighted by Crippen LogP contribution is 2.26. The average Bonchev–Trinajstić information content (AvgIpc) is 3.34. The number of benzene rings is 1. The number of hydrogen-bond acceptors (Lipinski definition) is 8. The number of amides is 1. The topological polar surface area (TPSA) is 87.1 Å². The third kappa shape index (κ3) is 4.23. The molecule has 9 heteroatoms. The Labute approximate surface area is 183 Å². The zero-order valence-electron chi connectivity index (χ0n) is 17.0. The highest BCUT2D eigenvalue weighted by Gasteiger charge is 2.16. The first kappa shape index (κ1) is 19.5. The third-order valence-electron chi connectivity index (χ3n) is 5.41. The van der Waals surface area contributed by atoms with Crippen LogP contribution >= 0.6 is 11.3 Å². The number of aromatic nitrogens is 4. The van der Waals surface area contributed by atoms with Gasteiger partial charge in [0.2, 0.25) is 0 Å². The van der Waals surface area contributed by atoms with Crippen molar-refractivity contribution in [2.45, 2.75) is 0 Å². The van der Waals surface area contributed by atoms with Crippen LogP contribution in [-0.2, 0) is 0 Å². The molecule has 156 valence electrons. The first-order chi connectivity index (χ1) is 15.2. The average molecular weight is 432 g/mol. The van der Waals surface area contributed by atoms with E-state index in [1.165, 1.54) is 11.3 Å². The van der Waals surface area contributed by atoms with Gasteiger partial charge in [0.15, 0.2) is 0 Å². The van der Waals surface area contributed by atoms with Crippen LogP contribution in [0.15, 0.2) is 54.3 Å². The number of piperazine rings is 1. The monoisotopic (exact) mass is 431 g/mol. The Bertz CT molecular complexity index is 1200. The number of fused-ring (bicyclic) bond motifs is 1. The summed E-state index contributed by atoms with van der Waals surface area (Å²) in [5.41, 5.74) is 3.20. The van der Waals surface area contributed by atoms with E-state index in [0.717, 1.165) is 53.3 Å². The van der Waals surface area contributed by atoms with E-state index in [1.807, 2.05) is 36.4 Å². The predicted molar refractivity (Wildman–Crippen MR) is 123 cm³/mol. The van der Waals surface area contributed by atoms with E-state index in [0.29, 0.717) is 11.4 Å². The van der Waals surface area contributed by atoms with Crippen molar-refractivity contribution in [1.29, 1.82) is 0 Å². The summed E-state index contributed by atoms with van der Waals surface area (Å²) >= 11 is 1.49. The van der Waals surface area contributed by atoms with Crippen molar-refractivity contribution in [3.63, 3.8) is 0 Å². The second kappa shape index (κ2) is 8.37. The molecule has 31 heavy (non-hydrogen) atoms. The zero-order valence-corrected chi connectivity index (χ0v) is 17.8. The lowest BCUT2D eigenvalue weighted by atomic mass is 10.1. The molecule has 1 N–H and O–H groups in total. The van der Waals surface area contributed by atoms with Gasteiger partial charge in [0.05, 0.1) is 5.56 Å². The molecule has 4 heterocycles. The van der Waals surface area contributed by atoms with Crippen LogP contribution in [0.2, 0.25) is 0 Å². The molecule has 1 saturated heterocycles. The van der Waals surface area contributed by atoms with Gasteiger partial charge in [-0.25, -0.2) is 9.97 Å². The summed E-state index contributed by atoms with van der Waals surface area (Å²) in [6, 6.07) is 11.6. The molecular weight excluding hydrogens is 410 g/mol. The standard InChI is InChI=1S/C22H21N7OS/c1-28-6-8-29(9-7-28)20-5-4-17(13-24-20)21(30)26-19-11-18-10-15(22-27-25-14-31-22)2-3-16(18)12-23-19/h2-5,10-14H,6-9H2,1H3,(H,23,26,30). The summed E-state index contributed by atoms with van der Waals surface area (Å²) in [6.07, 6.45) is 3.38. The first-order valence-corrected chi connectivity index (χ1v) is 10.9. The number of carbonyl (C=O) groups is 1. The minimum Gasteiger partial charge on any atom is -0.354 e. The Morgan fingerprint density at radius 1 is 1.00 bits per heavy atom. The number of anilines is 2. The summed E-state index contributed by atoms with van der Waals surface area (Å²) in [7, 11) is 2.12. The van der Waals surface area contributed by atoms with Crippen LogP contribution in [0.25, 0.3) is 21.3 Å². The Morgan fingerprint density at radius 2 is 1.87 bits per heavy atom. The van der Waals surface area contributed by atoms with Gasteiger partial charge >= 0.3 is 0 Å². The van der Waals surface area contributed by atoms with Gasteiger partial charge in [-0.2, -0.15) is 0 Å². The molecule has 4 aromatic rings. The molecule has 0 bridgehead atoms. The van der Waals surface area contributed by atoms with Crippen LogP contribution in [0, 0.1) is 0 Å². The maximum absolute atomic E-state index is 12.7. The fraction of sp³-hybridized carbons (Fsp3) is 0.227. The van der Waals surface area contributed by atoms with Gasteiger partial charge in [0, 0.05) is 49.5 Å². The lowest BCUT2D eigenvalue weighted by molar-refractivity contribution is 0.102. The second-order valence-electron chi connectivity index (χ2n) is 7.52. The van der Waals surface area contributed by atoms with Gasteiger partial charge < -0.3 is 15.1 Å². The van der Waals surface area contributed by atoms with E-state index in [4.69, 9.17) is 0 Å². The number of likely N-dealkylation sites (N-methyl/N-ethyl adjacent to an activating group) is 1. The molecule has 3 aromatic heterocycles. The van der Waals surface area contributed by atoms with Gasteiger partial charge in [-0.1, -0.05) is 23.5 Å². The van der Waals surface area contributed by atoms with Crippen molar-refractivity contribution in [2.75, 3.05) is 43.4 Å². The zero-order chi connectivity index (χ0) is 21.2. The molecule has 1 fully saturated rings. The molecule has 0 saturated carbocycles. The van der Waals surface area contributed by atoms with Crippen molar-refractivity contribution in [3.05, 3.63) is 59.9 Å². The van der Waals surface area contributed by atoms with E-state index in [-0.39, 0.29) is 5.91 Å². The minimum absolute atomic E-state index is 0.232. The third-order valence-corrected chi connectivity index (χ3v) is 6.15. The molecule has 0 unspecified atom stereocenters. The van der Waals surface area contributed by atoms with Crippen molar-refractivity contribution >= 4 is 39.7 Å². The number of pyridine rings is 2. The summed E-state index contributed by atoms with van der Waals surface area (Å²) < 4.78 is 0. The summed E-state index contributed by atoms with van der Waals surface area (Å²) in [5, 5.41) is 13.7.